The highest BCUT2D eigenvalue weighted by molar-refractivity contribution is 9.10. The highest BCUT2D eigenvalue weighted by Gasteiger charge is 2.02. The van der Waals surface area contributed by atoms with Gasteiger partial charge in [0.05, 0.1) is 6.54 Å². The summed E-state index contributed by atoms with van der Waals surface area (Å²) in [7, 11) is 0. The van der Waals surface area contributed by atoms with Gasteiger partial charge in [0, 0.05) is 16.7 Å². The van der Waals surface area contributed by atoms with Crippen molar-refractivity contribution in [3.05, 3.63) is 64.4 Å². The maximum absolute atomic E-state index is 13.0. The molecule has 0 saturated heterocycles. The van der Waals surface area contributed by atoms with Gasteiger partial charge in [0.25, 0.3) is 0 Å². The summed E-state index contributed by atoms with van der Waals surface area (Å²) in [5.74, 6) is -0.410. The van der Waals surface area contributed by atoms with E-state index in [1.165, 1.54) is 12.1 Å². The maximum atomic E-state index is 13.0. The number of anilines is 1. The predicted molar refractivity (Wildman–Crippen MR) is 80.9 cm³/mol. The van der Waals surface area contributed by atoms with E-state index in [9.17, 15) is 9.18 Å². The van der Waals surface area contributed by atoms with Crippen LogP contribution < -0.4 is 10.6 Å². The lowest BCUT2D eigenvalue weighted by Crippen LogP contribution is -2.27. The largest absolute Gasteiger partial charge is 0.325 e. The Morgan fingerprint density at radius 1 is 1.15 bits per heavy atom. The van der Waals surface area contributed by atoms with Gasteiger partial charge in [-0.15, -0.1) is 0 Å². The Kier molecular flexibility index (Phi) is 5.26. The molecule has 0 aliphatic carbocycles. The zero-order valence-corrected chi connectivity index (χ0v) is 12.3. The van der Waals surface area contributed by atoms with Crippen LogP contribution in [0, 0.1) is 5.82 Å². The molecule has 0 saturated carbocycles. The highest BCUT2D eigenvalue weighted by Crippen LogP contribution is 2.13. The molecular formula is C15H14BrFN2O. The molecule has 0 aromatic heterocycles. The number of halogens is 2. The Hall–Kier alpha value is -1.72. The Morgan fingerprint density at radius 2 is 1.90 bits per heavy atom. The highest BCUT2D eigenvalue weighted by atomic mass is 79.9. The average molecular weight is 337 g/mol. The molecule has 0 bridgehead atoms. The van der Waals surface area contributed by atoms with Gasteiger partial charge >= 0.3 is 0 Å². The summed E-state index contributed by atoms with van der Waals surface area (Å²) in [6, 6.07) is 13.6. The van der Waals surface area contributed by atoms with Crippen LogP contribution in [0.2, 0.25) is 0 Å². The van der Waals surface area contributed by atoms with Gasteiger partial charge in [-0.3, -0.25) is 4.79 Å². The molecule has 0 aliphatic rings. The third kappa shape index (κ3) is 4.75. The van der Waals surface area contributed by atoms with Crippen molar-refractivity contribution in [2.45, 2.75) is 6.54 Å². The lowest BCUT2D eigenvalue weighted by atomic mass is 10.2. The standard InChI is InChI=1S/C15H14BrFN2O/c16-12-4-6-14(7-5-12)19-15(20)10-18-9-11-2-1-3-13(17)8-11/h1-8,18H,9-10H2,(H,19,20). The zero-order valence-electron chi connectivity index (χ0n) is 10.7. The molecule has 2 rings (SSSR count). The maximum Gasteiger partial charge on any atom is 0.238 e. The van der Waals surface area contributed by atoms with Crippen LogP contribution in [-0.4, -0.2) is 12.5 Å². The minimum absolute atomic E-state index is 0.135. The summed E-state index contributed by atoms with van der Waals surface area (Å²) in [6.45, 7) is 0.623. The van der Waals surface area contributed by atoms with E-state index < -0.39 is 0 Å². The fraction of sp³-hybridized carbons (Fsp3) is 0.133. The van der Waals surface area contributed by atoms with Crippen LogP contribution in [0.5, 0.6) is 0 Å². The van der Waals surface area contributed by atoms with Gasteiger partial charge in [0.1, 0.15) is 5.82 Å². The summed E-state index contributed by atoms with van der Waals surface area (Å²) in [6.07, 6.45) is 0. The second-order valence-electron chi connectivity index (χ2n) is 4.29. The first-order valence-corrected chi connectivity index (χ1v) is 6.93. The van der Waals surface area contributed by atoms with Crippen molar-refractivity contribution in [3.63, 3.8) is 0 Å². The summed E-state index contributed by atoms with van der Waals surface area (Å²) < 4.78 is 13.9. The molecule has 0 radical (unpaired) electrons. The van der Waals surface area contributed by atoms with Crippen molar-refractivity contribution in [2.75, 3.05) is 11.9 Å². The summed E-state index contributed by atoms with van der Waals surface area (Å²) >= 11 is 3.33. The van der Waals surface area contributed by atoms with Crippen molar-refractivity contribution in [2.24, 2.45) is 0 Å². The average Bonchev–Trinajstić information content (AvgIpc) is 2.41. The number of nitrogens with one attached hydrogen (secondary N) is 2. The molecule has 2 aromatic rings. The van der Waals surface area contributed by atoms with Crippen LogP contribution in [0.1, 0.15) is 5.56 Å². The van der Waals surface area contributed by atoms with Gasteiger partial charge in [-0.05, 0) is 42.0 Å². The van der Waals surface area contributed by atoms with E-state index in [1.54, 1.807) is 6.07 Å². The first-order chi connectivity index (χ1) is 9.63. The summed E-state index contributed by atoms with van der Waals surface area (Å²) in [5.41, 5.74) is 1.55. The number of hydrogen-bond acceptors (Lipinski definition) is 2. The zero-order chi connectivity index (χ0) is 14.4. The van der Waals surface area contributed by atoms with Crippen LogP contribution in [0.3, 0.4) is 0 Å². The molecule has 0 heterocycles. The lowest BCUT2D eigenvalue weighted by molar-refractivity contribution is -0.115. The number of carbonyl (C=O) groups is 1. The van der Waals surface area contributed by atoms with Crippen molar-refractivity contribution < 1.29 is 9.18 Å². The van der Waals surface area contributed by atoms with E-state index in [1.807, 2.05) is 30.3 Å². The van der Waals surface area contributed by atoms with E-state index in [-0.39, 0.29) is 18.3 Å². The second-order valence-corrected chi connectivity index (χ2v) is 5.20. The van der Waals surface area contributed by atoms with Crippen LogP contribution in [0.15, 0.2) is 53.0 Å². The van der Waals surface area contributed by atoms with Gasteiger partial charge in [0.2, 0.25) is 5.91 Å². The van der Waals surface area contributed by atoms with Crippen molar-refractivity contribution in [1.29, 1.82) is 0 Å². The van der Waals surface area contributed by atoms with E-state index in [4.69, 9.17) is 0 Å². The molecule has 3 nitrogen and oxygen atoms in total. The van der Waals surface area contributed by atoms with E-state index in [0.717, 1.165) is 15.7 Å². The molecule has 0 spiro atoms. The Bertz CT molecular complexity index is 587. The number of benzene rings is 2. The van der Waals surface area contributed by atoms with Crippen molar-refractivity contribution in [1.82, 2.24) is 5.32 Å². The van der Waals surface area contributed by atoms with E-state index in [2.05, 4.69) is 26.6 Å². The normalized spacial score (nSPS) is 10.3. The molecule has 0 aliphatic heterocycles. The SMILES string of the molecule is O=C(CNCc1cccc(F)c1)Nc1ccc(Br)cc1. The molecule has 104 valence electrons. The van der Waals surface area contributed by atoms with E-state index >= 15 is 0 Å². The monoisotopic (exact) mass is 336 g/mol. The Labute approximate surface area is 125 Å². The van der Waals surface area contributed by atoms with Gasteiger partial charge in [0.15, 0.2) is 0 Å². The van der Waals surface area contributed by atoms with Crippen molar-refractivity contribution >= 4 is 27.5 Å². The summed E-state index contributed by atoms with van der Waals surface area (Å²) in [4.78, 5) is 11.7. The molecule has 0 atom stereocenters. The minimum atomic E-state index is -0.274. The smallest absolute Gasteiger partial charge is 0.238 e. The molecule has 5 heteroatoms. The second kappa shape index (κ2) is 7.17. The fourth-order valence-corrected chi connectivity index (χ4v) is 1.97. The Morgan fingerprint density at radius 3 is 2.60 bits per heavy atom. The number of rotatable bonds is 5. The molecular weight excluding hydrogens is 323 g/mol. The Balaban J connectivity index is 1.76. The molecule has 1 amide bonds. The topological polar surface area (TPSA) is 41.1 Å². The predicted octanol–water partition coefficient (Wildman–Crippen LogP) is 3.32. The van der Waals surface area contributed by atoms with Crippen LogP contribution >= 0.6 is 15.9 Å². The van der Waals surface area contributed by atoms with Gasteiger partial charge < -0.3 is 10.6 Å². The lowest BCUT2D eigenvalue weighted by Gasteiger charge is -2.07. The summed E-state index contributed by atoms with van der Waals surface area (Å²) in [5, 5.41) is 5.74. The third-order valence-electron chi connectivity index (χ3n) is 2.63. The molecule has 2 N–H and O–H groups in total. The number of carbonyl (C=O) groups excluding carboxylic acids is 1. The quantitative estimate of drug-likeness (QED) is 0.879. The third-order valence-corrected chi connectivity index (χ3v) is 3.16. The molecule has 0 unspecified atom stereocenters. The van der Waals surface area contributed by atoms with Gasteiger partial charge in [-0.2, -0.15) is 0 Å². The van der Waals surface area contributed by atoms with E-state index in [0.29, 0.717) is 6.54 Å². The number of amides is 1. The first kappa shape index (κ1) is 14.7. The van der Waals surface area contributed by atoms with Gasteiger partial charge in [-0.25, -0.2) is 4.39 Å². The molecule has 0 fully saturated rings. The van der Waals surface area contributed by atoms with Gasteiger partial charge in [-0.1, -0.05) is 28.1 Å². The van der Waals surface area contributed by atoms with Crippen LogP contribution in [0.4, 0.5) is 10.1 Å². The minimum Gasteiger partial charge on any atom is -0.325 e. The first-order valence-electron chi connectivity index (χ1n) is 6.14. The van der Waals surface area contributed by atoms with Crippen LogP contribution in [0.25, 0.3) is 0 Å². The van der Waals surface area contributed by atoms with Crippen LogP contribution in [-0.2, 0) is 11.3 Å². The number of hydrogen-bond donors (Lipinski definition) is 2. The molecule has 20 heavy (non-hydrogen) atoms. The van der Waals surface area contributed by atoms with Crippen molar-refractivity contribution in [3.8, 4) is 0 Å². The molecule has 2 aromatic carbocycles. The fourth-order valence-electron chi connectivity index (χ4n) is 1.71.